The quantitative estimate of drug-likeness (QED) is 0.498. The molecule has 0 bridgehead atoms. The Kier molecular flexibility index (Phi) is 7.24. The van der Waals surface area contributed by atoms with Crippen LogP contribution in [0.15, 0.2) is 18.2 Å². The maximum Gasteiger partial charge on any atom is 0.311 e. The van der Waals surface area contributed by atoms with Crippen molar-refractivity contribution < 1.29 is 13.9 Å². The van der Waals surface area contributed by atoms with Crippen molar-refractivity contribution in [3.8, 4) is 11.8 Å². The molecule has 4 heteroatoms. The van der Waals surface area contributed by atoms with Gasteiger partial charge < -0.3 is 4.74 Å². The summed E-state index contributed by atoms with van der Waals surface area (Å²) < 4.78 is 18.7. The van der Waals surface area contributed by atoms with Crippen LogP contribution < -0.4 is 4.74 Å². The van der Waals surface area contributed by atoms with E-state index in [9.17, 15) is 9.18 Å². The minimum Gasteiger partial charge on any atom is -0.426 e. The van der Waals surface area contributed by atoms with Gasteiger partial charge in [-0.05, 0) is 30.4 Å². The Morgan fingerprint density at radius 3 is 2.50 bits per heavy atom. The number of rotatable bonds is 7. The van der Waals surface area contributed by atoms with Gasteiger partial charge in [-0.15, -0.1) is 0 Å². The summed E-state index contributed by atoms with van der Waals surface area (Å²) >= 11 is 0. The SMILES string of the molecule is CCCCC1CCC(CCC(=O)Oc2ccc(C#N)c(F)c2)CC1. The van der Waals surface area contributed by atoms with Gasteiger partial charge in [0.2, 0.25) is 0 Å². The highest BCUT2D eigenvalue weighted by Gasteiger charge is 2.21. The first-order chi connectivity index (χ1) is 11.6. The third-order valence-corrected chi connectivity index (χ3v) is 4.98. The van der Waals surface area contributed by atoms with Crippen LogP contribution in [0.25, 0.3) is 0 Å². The summed E-state index contributed by atoms with van der Waals surface area (Å²) in [6, 6.07) is 5.62. The Balaban J connectivity index is 1.70. The van der Waals surface area contributed by atoms with Crippen LogP contribution in [0.2, 0.25) is 0 Å². The van der Waals surface area contributed by atoms with Crippen LogP contribution >= 0.6 is 0 Å². The fourth-order valence-corrected chi connectivity index (χ4v) is 3.46. The van der Waals surface area contributed by atoms with Gasteiger partial charge in [-0.2, -0.15) is 5.26 Å². The summed E-state index contributed by atoms with van der Waals surface area (Å²) in [5.74, 6) is 0.656. The standard InChI is InChI=1S/C20H26FNO2/c1-2-3-4-15-5-7-16(8-6-15)9-12-20(23)24-18-11-10-17(14-22)19(21)13-18/h10-11,13,15-16H,2-9,12H2,1H3. The lowest BCUT2D eigenvalue weighted by molar-refractivity contribution is -0.134. The largest absolute Gasteiger partial charge is 0.426 e. The third kappa shape index (κ3) is 5.63. The molecule has 0 aliphatic heterocycles. The van der Waals surface area contributed by atoms with E-state index >= 15 is 0 Å². The zero-order chi connectivity index (χ0) is 17.4. The molecular weight excluding hydrogens is 305 g/mol. The molecule has 0 N–H and O–H groups in total. The van der Waals surface area contributed by atoms with Gasteiger partial charge in [0.05, 0.1) is 5.56 Å². The number of halogens is 1. The van der Waals surface area contributed by atoms with Gasteiger partial charge >= 0.3 is 5.97 Å². The van der Waals surface area contributed by atoms with Gasteiger partial charge in [-0.3, -0.25) is 4.79 Å². The van der Waals surface area contributed by atoms with Crippen LogP contribution in [0.3, 0.4) is 0 Å². The molecule has 0 heterocycles. The van der Waals surface area contributed by atoms with Gasteiger partial charge in [-0.1, -0.05) is 51.9 Å². The first kappa shape index (κ1) is 18.4. The van der Waals surface area contributed by atoms with Crippen LogP contribution in [0.5, 0.6) is 5.75 Å². The van der Waals surface area contributed by atoms with E-state index in [0.29, 0.717) is 12.3 Å². The molecule has 0 saturated heterocycles. The lowest BCUT2D eigenvalue weighted by atomic mass is 9.78. The summed E-state index contributed by atoms with van der Waals surface area (Å²) in [5.41, 5.74) is -0.0466. The van der Waals surface area contributed by atoms with E-state index in [1.807, 2.05) is 0 Å². The predicted molar refractivity (Wildman–Crippen MR) is 91.0 cm³/mol. The number of benzene rings is 1. The minimum absolute atomic E-state index is 0.0466. The molecule has 1 aromatic carbocycles. The second kappa shape index (κ2) is 9.42. The van der Waals surface area contributed by atoms with Gasteiger partial charge in [0, 0.05) is 12.5 Å². The Bertz CT molecular complexity index is 586. The fraction of sp³-hybridized carbons (Fsp3) is 0.600. The monoisotopic (exact) mass is 331 g/mol. The van der Waals surface area contributed by atoms with Crippen LogP contribution in [-0.4, -0.2) is 5.97 Å². The van der Waals surface area contributed by atoms with Crippen LogP contribution in [0, 0.1) is 29.0 Å². The topological polar surface area (TPSA) is 50.1 Å². The maximum atomic E-state index is 13.5. The molecule has 0 aromatic heterocycles. The van der Waals surface area contributed by atoms with Crippen molar-refractivity contribution in [3.05, 3.63) is 29.6 Å². The van der Waals surface area contributed by atoms with Crippen LogP contribution in [-0.2, 0) is 4.79 Å². The third-order valence-electron chi connectivity index (χ3n) is 4.98. The van der Waals surface area contributed by atoms with E-state index in [1.54, 1.807) is 6.07 Å². The number of hydrogen-bond acceptors (Lipinski definition) is 3. The molecule has 2 rings (SSSR count). The number of nitrogens with zero attached hydrogens (tertiary/aromatic N) is 1. The Morgan fingerprint density at radius 2 is 1.92 bits per heavy atom. The molecule has 24 heavy (non-hydrogen) atoms. The van der Waals surface area contributed by atoms with Crippen LogP contribution in [0.4, 0.5) is 4.39 Å². The Labute approximate surface area is 143 Å². The van der Waals surface area contributed by atoms with Crippen molar-refractivity contribution in [2.75, 3.05) is 0 Å². The second-order valence-electron chi connectivity index (χ2n) is 6.80. The Hall–Kier alpha value is -1.89. The number of esters is 1. The molecule has 1 aliphatic carbocycles. The molecule has 1 aromatic rings. The highest BCUT2D eigenvalue weighted by Crippen LogP contribution is 2.34. The summed E-state index contributed by atoms with van der Waals surface area (Å²) in [4.78, 5) is 11.9. The predicted octanol–water partition coefficient (Wildman–Crippen LogP) is 5.38. The summed E-state index contributed by atoms with van der Waals surface area (Å²) in [7, 11) is 0. The Morgan fingerprint density at radius 1 is 1.25 bits per heavy atom. The van der Waals surface area contributed by atoms with Crippen molar-refractivity contribution in [2.24, 2.45) is 11.8 Å². The van der Waals surface area contributed by atoms with Gasteiger partial charge in [0.25, 0.3) is 0 Å². The van der Waals surface area contributed by atoms with Crippen molar-refractivity contribution in [1.82, 2.24) is 0 Å². The number of carbonyl (C=O) groups excluding carboxylic acids is 1. The number of ether oxygens (including phenoxy) is 1. The number of carbonyl (C=O) groups is 1. The van der Waals surface area contributed by atoms with E-state index in [4.69, 9.17) is 10.00 Å². The van der Waals surface area contributed by atoms with E-state index in [0.717, 1.165) is 18.4 Å². The molecule has 1 aliphatic rings. The average molecular weight is 331 g/mol. The fourth-order valence-electron chi connectivity index (χ4n) is 3.46. The van der Waals surface area contributed by atoms with Crippen molar-refractivity contribution in [1.29, 1.82) is 5.26 Å². The van der Waals surface area contributed by atoms with Crippen molar-refractivity contribution in [2.45, 2.75) is 64.7 Å². The number of unbranched alkanes of at least 4 members (excludes halogenated alkanes) is 1. The molecular formula is C20H26FNO2. The number of hydrogen-bond donors (Lipinski definition) is 0. The molecule has 3 nitrogen and oxygen atoms in total. The zero-order valence-electron chi connectivity index (χ0n) is 14.4. The first-order valence-corrected chi connectivity index (χ1v) is 9.02. The first-order valence-electron chi connectivity index (χ1n) is 9.02. The van der Waals surface area contributed by atoms with Gasteiger partial charge in [0.1, 0.15) is 17.6 Å². The van der Waals surface area contributed by atoms with Crippen LogP contribution in [0.1, 0.15) is 70.3 Å². The number of nitriles is 1. The average Bonchev–Trinajstić information content (AvgIpc) is 2.59. The smallest absolute Gasteiger partial charge is 0.311 e. The maximum absolute atomic E-state index is 13.5. The second-order valence-corrected chi connectivity index (χ2v) is 6.80. The van der Waals surface area contributed by atoms with E-state index < -0.39 is 5.82 Å². The molecule has 0 spiro atoms. The molecule has 130 valence electrons. The van der Waals surface area contributed by atoms with E-state index in [2.05, 4.69) is 6.92 Å². The molecule has 1 fully saturated rings. The molecule has 0 unspecified atom stereocenters. The van der Waals surface area contributed by atoms with Gasteiger partial charge in [0.15, 0.2) is 0 Å². The summed E-state index contributed by atoms with van der Waals surface area (Å²) in [6.07, 6.45) is 10.1. The normalized spacial score (nSPS) is 20.4. The minimum atomic E-state index is -0.659. The molecule has 0 atom stereocenters. The summed E-state index contributed by atoms with van der Waals surface area (Å²) in [6.45, 7) is 2.23. The lowest BCUT2D eigenvalue weighted by Gasteiger charge is -2.28. The zero-order valence-corrected chi connectivity index (χ0v) is 14.4. The highest BCUT2D eigenvalue weighted by molar-refractivity contribution is 5.72. The molecule has 0 amide bonds. The lowest BCUT2D eigenvalue weighted by Crippen LogP contribution is -2.17. The highest BCUT2D eigenvalue weighted by atomic mass is 19.1. The van der Waals surface area contributed by atoms with Gasteiger partial charge in [-0.25, -0.2) is 4.39 Å². The molecule has 0 radical (unpaired) electrons. The van der Waals surface area contributed by atoms with E-state index in [1.165, 1.54) is 57.1 Å². The summed E-state index contributed by atoms with van der Waals surface area (Å²) in [5, 5.41) is 8.69. The van der Waals surface area contributed by atoms with Crippen molar-refractivity contribution in [3.63, 3.8) is 0 Å². The molecule has 1 saturated carbocycles. The van der Waals surface area contributed by atoms with Crippen molar-refractivity contribution >= 4 is 5.97 Å². The van der Waals surface area contributed by atoms with E-state index in [-0.39, 0.29) is 17.3 Å².